The molecule has 7 heteroatoms. The van der Waals surface area contributed by atoms with Crippen LogP contribution in [0.1, 0.15) is 43.4 Å². The summed E-state index contributed by atoms with van der Waals surface area (Å²) in [5, 5.41) is 3.09. The molecule has 1 aromatic carbocycles. The third-order valence-electron chi connectivity index (χ3n) is 4.77. The maximum Gasteiger partial charge on any atom is 0.224 e. The van der Waals surface area contributed by atoms with E-state index in [9.17, 15) is 13.2 Å². The number of sulfonamides is 1. The highest BCUT2D eigenvalue weighted by atomic mass is 32.2. The van der Waals surface area contributed by atoms with Crippen molar-refractivity contribution in [2.75, 3.05) is 26.5 Å². The fourth-order valence-corrected chi connectivity index (χ4v) is 4.20. The third-order valence-corrected chi connectivity index (χ3v) is 6.04. The summed E-state index contributed by atoms with van der Waals surface area (Å²) in [5.74, 6) is 0.451. The van der Waals surface area contributed by atoms with Crippen LogP contribution in [0.4, 0.5) is 0 Å². The molecule has 6 nitrogen and oxygen atoms in total. The molecule has 0 saturated carbocycles. The summed E-state index contributed by atoms with van der Waals surface area (Å²) in [6, 6.07) is 5.80. The second-order valence-electron chi connectivity index (χ2n) is 6.66. The second kappa shape index (κ2) is 8.19. The summed E-state index contributed by atoms with van der Waals surface area (Å²) in [6.07, 6.45) is 3.39. The maximum absolute atomic E-state index is 12.7. The number of carbonyl (C=O) groups excluding carboxylic acids is 1. The summed E-state index contributed by atoms with van der Waals surface area (Å²) in [7, 11) is -1.62. The number of hydrogen-bond donors (Lipinski definition) is 1. The monoisotopic (exact) mass is 368 g/mol. The minimum Gasteiger partial charge on any atom is -0.496 e. The molecule has 0 aliphatic carbocycles. The molecule has 2 rings (SSSR count). The molecular formula is C18H28N2O4S. The van der Waals surface area contributed by atoms with Gasteiger partial charge in [-0.3, -0.25) is 4.79 Å². The molecule has 0 radical (unpaired) electrons. The van der Waals surface area contributed by atoms with E-state index in [0.29, 0.717) is 13.0 Å². The molecular weight excluding hydrogens is 340 g/mol. The van der Waals surface area contributed by atoms with Gasteiger partial charge in [0, 0.05) is 13.1 Å². The average molecular weight is 368 g/mol. The van der Waals surface area contributed by atoms with Crippen LogP contribution >= 0.6 is 0 Å². The van der Waals surface area contributed by atoms with Gasteiger partial charge in [-0.05, 0) is 43.4 Å². The number of nitrogens with one attached hydrogen (secondary N) is 1. The number of rotatable bonds is 6. The summed E-state index contributed by atoms with van der Waals surface area (Å²) in [4.78, 5) is 12.7. The van der Waals surface area contributed by atoms with E-state index in [2.05, 4.69) is 5.32 Å². The van der Waals surface area contributed by atoms with E-state index in [1.807, 2.05) is 32.0 Å². The van der Waals surface area contributed by atoms with Gasteiger partial charge in [-0.25, -0.2) is 12.7 Å². The lowest BCUT2D eigenvalue weighted by molar-refractivity contribution is -0.126. The van der Waals surface area contributed by atoms with E-state index in [4.69, 9.17) is 4.74 Å². The number of hydrogen-bond acceptors (Lipinski definition) is 4. The zero-order chi connectivity index (χ0) is 18.6. The number of nitrogens with zero attached hydrogens (tertiary/aromatic N) is 1. The van der Waals surface area contributed by atoms with Crippen LogP contribution in [0.15, 0.2) is 18.2 Å². The quantitative estimate of drug-likeness (QED) is 0.835. The molecule has 0 bridgehead atoms. The zero-order valence-corrected chi connectivity index (χ0v) is 16.2. The van der Waals surface area contributed by atoms with Crippen molar-refractivity contribution in [2.24, 2.45) is 5.92 Å². The molecule has 1 aliphatic rings. The van der Waals surface area contributed by atoms with Crippen molar-refractivity contribution in [3.63, 3.8) is 0 Å². The summed E-state index contributed by atoms with van der Waals surface area (Å²) in [6.45, 7) is 4.76. The van der Waals surface area contributed by atoms with Gasteiger partial charge >= 0.3 is 0 Å². The van der Waals surface area contributed by atoms with Crippen LogP contribution in [-0.2, 0) is 14.8 Å². The van der Waals surface area contributed by atoms with Gasteiger partial charge < -0.3 is 10.1 Å². The van der Waals surface area contributed by atoms with Crippen molar-refractivity contribution >= 4 is 15.9 Å². The molecule has 25 heavy (non-hydrogen) atoms. The Hall–Kier alpha value is -1.60. The van der Waals surface area contributed by atoms with E-state index in [1.165, 1.54) is 10.6 Å². The molecule has 2 atom stereocenters. The highest BCUT2D eigenvalue weighted by molar-refractivity contribution is 7.88. The van der Waals surface area contributed by atoms with Crippen LogP contribution in [0, 0.1) is 12.8 Å². The zero-order valence-electron chi connectivity index (χ0n) is 15.4. The minimum atomic E-state index is -3.25. The summed E-state index contributed by atoms with van der Waals surface area (Å²) >= 11 is 0. The van der Waals surface area contributed by atoms with E-state index in [0.717, 1.165) is 29.7 Å². The van der Waals surface area contributed by atoms with Gasteiger partial charge in [0.2, 0.25) is 15.9 Å². The SMILES string of the molecule is CCC(NC(=O)C1CCCN(S(C)(=O)=O)C1)c1ccc(OC)c(C)c1. The normalized spacial score (nSPS) is 20.1. The largest absolute Gasteiger partial charge is 0.496 e. The van der Waals surface area contributed by atoms with E-state index in [1.54, 1.807) is 7.11 Å². The number of ether oxygens (including phenoxy) is 1. The number of amides is 1. The molecule has 1 aromatic rings. The molecule has 1 fully saturated rings. The summed E-state index contributed by atoms with van der Waals surface area (Å²) in [5.41, 5.74) is 2.05. The molecule has 2 unspecified atom stereocenters. The first kappa shape index (κ1) is 19.7. The maximum atomic E-state index is 12.7. The van der Waals surface area contributed by atoms with E-state index < -0.39 is 10.0 Å². The van der Waals surface area contributed by atoms with Crippen LogP contribution in [-0.4, -0.2) is 45.1 Å². The van der Waals surface area contributed by atoms with Crippen LogP contribution in [0.2, 0.25) is 0 Å². The molecule has 1 saturated heterocycles. The van der Waals surface area contributed by atoms with Gasteiger partial charge in [0.15, 0.2) is 0 Å². The Labute approximate surface area is 150 Å². The average Bonchev–Trinajstić information content (AvgIpc) is 2.58. The van der Waals surface area contributed by atoms with Crippen molar-refractivity contribution in [1.82, 2.24) is 9.62 Å². The first-order chi connectivity index (χ1) is 11.8. The molecule has 0 aromatic heterocycles. The van der Waals surface area contributed by atoms with Gasteiger partial charge in [-0.2, -0.15) is 0 Å². The van der Waals surface area contributed by atoms with E-state index >= 15 is 0 Å². The number of benzene rings is 1. The highest BCUT2D eigenvalue weighted by Gasteiger charge is 2.31. The Balaban J connectivity index is 2.08. The predicted octanol–water partition coefficient (Wildman–Crippen LogP) is 2.24. The Bertz CT molecular complexity index is 718. The van der Waals surface area contributed by atoms with Crippen molar-refractivity contribution in [3.05, 3.63) is 29.3 Å². The second-order valence-corrected chi connectivity index (χ2v) is 8.64. The first-order valence-electron chi connectivity index (χ1n) is 8.66. The molecule has 0 spiro atoms. The van der Waals surface area contributed by atoms with E-state index in [-0.39, 0.29) is 24.4 Å². The fourth-order valence-electron chi connectivity index (χ4n) is 3.29. The van der Waals surface area contributed by atoms with Crippen LogP contribution in [0.3, 0.4) is 0 Å². The minimum absolute atomic E-state index is 0.0753. The van der Waals surface area contributed by atoms with Gasteiger partial charge in [-0.15, -0.1) is 0 Å². The van der Waals surface area contributed by atoms with Gasteiger partial charge in [0.25, 0.3) is 0 Å². The molecule has 1 amide bonds. The standard InChI is InChI=1S/C18H28N2O4S/c1-5-16(14-8-9-17(24-3)13(2)11-14)19-18(21)15-7-6-10-20(12-15)25(4,22)23/h8-9,11,15-16H,5-7,10,12H2,1-4H3,(H,19,21). The number of aryl methyl sites for hydroxylation is 1. The smallest absolute Gasteiger partial charge is 0.224 e. The van der Waals surface area contributed by atoms with Crippen LogP contribution < -0.4 is 10.1 Å². The summed E-state index contributed by atoms with van der Waals surface area (Å²) < 4.78 is 30.2. The predicted molar refractivity (Wildman–Crippen MR) is 98.0 cm³/mol. The van der Waals surface area contributed by atoms with Crippen molar-refractivity contribution in [3.8, 4) is 5.75 Å². The molecule has 1 aliphatic heterocycles. The van der Waals surface area contributed by atoms with Gasteiger partial charge in [-0.1, -0.05) is 19.1 Å². The Morgan fingerprint density at radius 2 is 2.16 bits per heavy atom. The Kier molecular flexibility index (Phi) is 6.46. The molecule has 140 valence electrons. The number of carbonyl (C=O) groups is 1. The Morgan fingerprint density at radius 1 is 1.44 bits per heavy atom. The highest BCUT2D eigenvalue weighted by Crippen LogP contribution is 2.25. The lowest BCUT2D eigenvalue weighted by Crippen LogP contribution is -2.45. The lowest BCUT2D eigenvalue weighted by atomic mass is 9.96. The first-order valence-corrected chi connectivity index (χ1v) is 10.5. The Morgan fingerprint density at radius 3 is 2.72 bits per heavy atom. The molecule has 1 heterocycles. The van der Waals surface area contributed by atoms with Gasteiger partial charge in [0.1, 0.15) is 5.75 Å². The fraction of sp³-hybridized carbons (Fsp3) is 0.611. The van der Waals surface area contributed by atoms with Crippen LogP contribution in [0.25, 0.3) is 0 Å². The number of piperidine rings is 1. The number of methoxy groups -OCH3 is 1. The van der Waals surface area contributed by atoms with Crippen molar-refractivity contribution < 1.29 is 17.9 Å². The van der Waals surface area contributed by atoms with Crippen molar-refractivity contribution in [2.45, 2.75) is 39.2 Å². The topological polar surface area (TPSA) is 75.7 Å². The lowest BCUT2D eigenvalue weighted by Gasteiger charge is -2.31. The van der Waals surface area contributed by atoms with Crippen molar-refractivity contribution in [1.29, 1.82) is 0 Å². The van der Waals surface area contributed by atoms with Gasteiger partial charge in [0.05, 0.1) is 25.3 Å². The molecule has 1 N–H and O–H groups in total. The third kappa shape index (κ3) is 4.95. The van der Waals surface area contributed by atoms with Crippen LogP contribution in [0.5, 0.6) is 5.75 Å².